The number of aryl methyl sites for hydroxylation is 1. The Hall–Kier alpha value is -1.95. The van der Waals surface area contributed by atoms with Crippen LogP contribution in [0.2, 0.25) is 0 Å². The monoisotopic (exact) mass is 301 g/mol. The number of nitrogens with two attached hydrogens (primary N) is 1. The third-order valence-corrected chi connectivity index (χ3v) is 3.14. The van der Waals surface area contributed by atoms with Gasteiger partial charge in [0.15, 0.2) is 0 Å². The molecular weight excluding hydrogens is 289 g/mol. The van der Waals surface area contributed by atoms with Crippen LogP contribution in [0.25, 0.3) is 0 Å². The second kappa shape index (κ2) is 5.44. The molecule has 0 saturated heterocycles. The molecule has 0 spiro atoms. The Balaban J connectivity index is 2.49. The SMILES string of the molecule is Cc1ccc(F)c(C(N)c2ccc(F)c(C(F)(F)F)c2)c1. The van der Waals surface area contributed by atoms with Gasteiger partial charge in [0.05, 0.1) is 11.6 Å². The molecule has 1 unspecified atom stereocenters. The van der Waals surface area contributed by atoms with E-state index >= 15 is 0 Å². The molecule has 0 saturated carbocycles. The van der Waals surface area contributed by atoms with Gasteiger partial charge in [0.25, 0.3) is 0 Å². The van der Waals surface area contributed by atoms with Crippen LogP contribution >= 0.6 is 0 Å². The summed E-state index contributed by atoms with van der Waals surface area (Å²) >= 11 is 0. The lowest BCUT2D eigenvalue weighted by Crippen LogP contribution is -2.16. The maximum atomic E-state index is 13.7. The van der Waals surface area contributed by atoms with Gasteiger partial charge in [-0.05, 0) is 30.7 Å². The molecule has 0 amide bonds. The molecule has 0 fully saturated rings. The van der Waals surface area contributed by atoms with Crippen LogP contribution in [0.4, 0.5) is 22.0 Å². The lowest BCUT2D eigenvalue weighted by atomic mass is 9.96. The summed E-state index contributed by atoms with van der Waals surface area (Å²) in [6.45, 7) is 1.71. The molecule has 0 radical (unpaired) electrons. The largest absolute Gasteiger partial charge is 0.419 e. The van der Waals surface area contributed by atoms with Crippen LogP contribution in [0, 0.1) is 18.6 Å². The van der Waals surface area contributed by atoms with Gasteiger partial charge in [-0.25, -0.2) is 8.78 Å². The topological polar surface area (TPSA) is 26.0 Å². The van der Waals surface area contributed by atoms with Gasteiger partial charge >= 0.3 is 6.18 Å². The van der Waals surface area contributed by atoms with Crippen LogP contribution < -0.4 is 5.73 Å². The van der Waals surface area contributed by atoms with Crippen LogP contribution in [0.3, 0.4) is 0 Å². The normalized spacial score (nSPS) is 13.3. The fraction of sp³-hybridized carbons (Fsp3) is 0.200. The van der Waals surface area contributed by atoms with Crippen molar-refractivity contribution in [1.29, 1.82) is 0 Å². The predicted molar refractivity (Wildman–Crippen MR) is 68.6 cm³/mol. The Kier molecular flexibility index (Phi) is 4.00. The van der Waals surface area contributed by atoms with E-state index in [9.17, 15) is 22.0 Å². The smallest absolute Gasteiger partial charge is 0.320 e. The minimum absolute atomic E-state index is 0.00627. The summed E-state index contributed by atoms with van der Waals surface area (Å²) in [6, 6.07) is 5.49. The van der Waals surface area contributed by atoms with Crippen molar-refractivity contribution in [3.63, 3.8) is 0 Å². The summed E-state index contributed by atoms with van der Waals surface area (Å²) in [4.78, 5) is 0. The molecule has 2 aromatic carbocycles. The van der Waals surface area contributed by atoms with Gasteiger partial charge < -0.3 is 5.73 Å². The highest BCUT2D eigenvalue weighted by molar-refractivity contribution is 5.37. The van der Waals surface area contributed by atoms with Gasteiger partial charge in [-0.1, -0.05) is 23.8 Å². The molecule has 112 valence electrons. The molecule has 6 heteroatoms. The average Bonchev–Trinajstić information content (AvgIpc) is 2.40. The van der Waals surface area contributed by atoms with E-state index in [0.29, 0.717) is 12.1 Å². The van der Waals surface area contributed by atoms with Crippen molar-refractivity contribution in [2.75, 3.05) is 0 Å². The van der Waals surface area contributed by atoms with E-state index in [1.165, 1.54) is 18.2 Å². The van der Waals surface area contributed by atoms with E-state index in [-0.39, 0.29) is 11.1 Å². The minimum atomic E-state index is -4.83. The number of benzene rings is 2. The van der Waals surface area contributed by atoms with Gasteiger partial charge in [0.1, 0.15) is 11.6 Å². The van der Waals surface area contributed by atoms with Crippen molar-refractivity contribution in [1.82, 2.24) is 0 Å². The van der Waals surface area contributed by atoms with Crippen molar-refractivity contribution < 1.29 is 22.0 Å². The minimum Gasteiger partial charge on any atom is -0.320 e. The lowest BCUT2D eigenvalue weighted by Gasteiger charge is -2.16. The summed E-state index contributed by atoms with van der Waals surface area (Å²) < 4.78 is 65.0. The van der Waals surface area contributed by atoms with Crippen molar-refractivity contribution in [2.24, 2.45) is 5.73 Å². The van der Waals surface area contributed by atoms with Gasteiger partial charge in [0, 0.05) is 5.56 Å². The third-order valence-electron chi connectivity index (χ3n) is 3.14. The van der Waals surface area contributed by atoms with E-state index < -0.39 is 29.4 Å². The third kappa shape index (κ3) is 3.21. The number of halogens is 5. The highest BCUT2D eigenvalue weighted by Crippen LogP contribution is 2.34. The number of rotatable bonds is 2. The maximum absolute atomic E-state index is 13.7. The fourth-order valence-corrected chi connectivity index (χ4v) is 2.03. The molecule has 0 aromatic heterocycles. The van der Waals surface area contributed by atoms with Crippen molar-refractivity contribution in [3.8, 4) is 0 Å². The highest BCUT2D eigenvalue weighted by Gasteiger charge is 2.34. The maximum Gasteiger partial charge on any atom is 0.419 e. The van der Waals surface area contributed by atoms with Gasteiger partial charge in [-0.15, -0.1) is 0 Å². The van der Waals surface area contributed by atoms with Crippen LogP contribution in [-0.4, -0.2) is 0 Å². The second-order valence-corrected chi connectivity index (χ2v) is 4.74. The summed E-state index contributed by atoms with van der Waals surface area (Å²) in [5, 5.41) is 0. The predicted octanol–water partition coefficient (Wildman–Crippen LogP) is 4.34. The number of alkyl halides is 3. The Morgan fingerprint density at radius 3 is 2.19 bits per heavy atom. The highest BCUT2D eigenvalue weighted by atomic mass is 19.4. The zero-order chi connectivity index (χ0) is 15.8. The molecule has 2 rings (SSSR count). The molecule has 2 N–H and O–H groups in total. The molecule has 21 heavy (non-hydrogen) atoms. The molecule has 1 atom stereocenters. The Bertz CT molecular complexity index is 664. The van der Waals surface area contributed by atoms with E-state index in [1.54, 1.807) is 6.92 Å². The first kappa shape index (κ1) is 15.4. The zero-order valence-electron chi connectivity index (χ0n) is 11.0. The van der Waals surface area contributed by atoms with Crippen molar-refractivity contribution >= 4 is 0 Å². The molecule has 0 aliphatic rings. The summed E-state index contributed by atoms with van der Waals surface area (Å²) in [5.41, 5.74) is 5.19. The Labute approximate surface area is 118 Å². The quantitative estimate of drug-likeness (QED) is 0.820. The summed E-state index contributed by atoms with van der Waals surface area (Å²) in [5.74, 6) is -2.01. The van der Waals surface area contributed by atoms with E-state index in [4.69, 9.17) is 5.73 Å². The number of hydrogen-bond donors (Lipinski definition) is 1. The van der Waals surface area contributed by atoms with E-state index in [0.717, 1.165) is 11.6 Å². The number of hydrogen-bond acceptors (Lipinski definition) is 1. The average molecular weight is 301 g/mol. The second-order valence-electron chi connectivity index (χ2n) is 4.74. The van der Waals surface area contributed by atoms with Crippen molar-refractivity contribution in [2.45, 2.75) is 19.1 Å². The summed E-state index contributed by atoms with van der Waals surface area (Å²) in [6.07, 6.45) is -4.83. The van der Waals surface area contributed by atoms with Gasteiger partial charge in [-0.2, -0.15) is 13.2 Å². The Morgan fingerprint density at radius 1 is 0.952 bits per heavy atom. The molecule has 0 heterocycles. The van der Waals surface area contributed by atoms with Gasteiger partial charge in [0.2, 0.25) is 0 Å². The molecule has 2 aromatic rings. The molecule has 1 nitrogen and oxygen atoms in total. The van der Waals surface area contributed by atoms with Crippen LogP contribution in [-0.2, 0) is 6.18 Å². The first-order chi connectivity index (χ1) is 9.70. The van der Waals surface area contributed by atoms with Crippen LogP contribution in [0.5, 0.6) is 0 Å². The molecule has 0 bridgehead atoms. The molecular formula is C15H12F5N. The van der Waals surface area contributed by atoms with Crippen LogP contribution in [0.1, 0.15) is 28.3 Å². The zero-order valence-corrected chi connectivity index (χ0v) is 11.0. The molecule has 0 aliphatic heterocycles. The van der Waals surface area contributed by atoms with Gasteiger partial charge in [-0.3, -0.25) is 0 Å². The first-order valence-corrected chi connectivity index (χ1v) is 6.08. The van der Waals surface area contributed by atoms with E-state index in [1.807, 2.05) is 0 Å². The van der Waals surface area contributed by atoms with Crippen molar-refractivity contribution in [3.05, 3.63) is 70.3 Å². The molecule has 0 aliphatic carbocycles. The fourth-order valence-electron chi connectivity index (χ4n) is 2.03. The lowest BCUT2D eigenvalue weighted by molar-refractivity contribution is -0.140. The first-order valence-electron chi connectivity index (χ1n) is 6.08. The van der Waals surface area contributed by atoms with E-state index in [2.05, 4.69) is 0 Å². The Morgan fingerprint density at radius 2 is 1.57 bits per heavy atom. The summed E-state index contributed by atoms with van der Waals surface area (Å²) in [7, 11) is 0. The standard InChI is InChI=1S/C15H12F5N/c1-8-2-4-12(16)10(6-8)14(21)9-3-5-13(17)11(7-9)15(18,19)20/h2-7,14H,21H2,1H3. The van der Waals surface area contributed by atoms with Crippen LogP contribution in [0.15, 0.2) is 36.4 Å².